The fraction of sp³-hybridized carbons (Fsp3) is 0.345. The van der Waals surface area contributed by atoms with E-state index in [0.29, 0.717) is 0 Å². The molecule has 0 saturated carbocycles. The van der Waals surface area contributed by atoms with Gasteiger partial charge >= 0.3 is 16.8 Å². The molecule has 5 rings (SSSR count). The Hall–Kier alpha value is -2.17. The third-order valence-corrected chi connectivity index (χ3v) is 6.99. The Balaban J connectivity index is 0.00000200. The Kier molecular flexibility index (Phi) is 14.6. The predicted molar refractivity (Wildman–Crippen MR) is 148 cm³/mol. The molecule has 0 aliphatic carbocycles. The van der Waals surface area contributed by atoms with Crippen molar-refractivity contribution in [3.8, 4) is 23.0 Å². The maximum absolute atomic E-state index is 5.14. The van der Waals surface area contributed by atoms with Gasteiger partial charge in [-0.25, -0.2) is 15.0 Å². The van der Waals surface area contributed by atoms with Crippen LogP contribution in [0.4, 0.5) is 0 Å². The SMILES string of the molecule is CCN(CC)Cn1c(-c2cccc(-c3nc4ccccc4n3CN(CC)CC)n2)nc2ccccc21.[Cl-].[Cl-].[Cl-].[Co+3]. The molecule has 3 heterocycles. The van der Waals surface area contributed by atoms with Crippen molar-refractivity contribution in [2.45, 2.75) is 41.0 Å². The summed E-state index contributed by atoms with van der Waals surface area (Å²) in [4.78, 5) is 20.0. The van der Waals surface area contributed by atoms with E-state index in [1.165, 1.54) is 0 Å². The quantitative estimate of drug-likeness (QED) is 0.160. The zero-order valence-corrected chi connectivity index (χ0v) is 26.5. The predicted octanol–water partition coefficient (Wildman–Crippen LogP) is -3.28. The van der Waals surface area contributed by atoms with Gasteiger partial charge in [0.1, 0.15) is 11.4 Å². The summed E-state index contributed by atoms with van der Waals surface area (Å²) < 4.78 is 4.57. The number of hydrogen-bond acceptors (Lipinski definition) is 5. The van der Waals surface area contributed by atoms with Crippen LogP contribution in [0.25, 0.3) is 45.1 Å². The zero-order valence-electron chi connectivity index (χ0n) is 23.2. The average Bonchev–Trinajstić information content (AvgIpc) is 3.48. The fourth-order valence-corrected chi connectivity index (χ4v) is 4.76. The second-order valence-corrected chi connectivity index (χ2v) is 9.00. The van der Waals surface area contributed by atoms with Gasteiger partial charge in [-0.2, -0.15) is 0 Å². The number of aromatic nitrogens is 5. The number of nitrogens with zero attached hydrogens (tertiary/aromatic N) is 7. The van der Waals surface area contributed by atoms with E-state index in [4.69, 9.17) is 15.0 Å². The Morgan fingerprint density at radius 2 is 0.900 bits per heavy atom. The minimum absolute atomic E-state index is 0. The number of benzene rings is 2. The van der Waals surface area contributed by atoms with Gasteiger partial charge in [0.2, 0.25) is 0 Å². The van der Waals surface area contributed by atoms with Crippen LogP contribution in [0.1, 0.15) is 27.7 Å². The molecule has 216 valence electrons. The van der Waals surface area contributed by atoms with Gasteiger partial charge in [-0.3, -0.25) is 9.80 Å². The molecule has 0 fully saturated rings. The van der Waals surface area contributed by atoms with E-state index >= 15 is 0 Å². The summed E-state index contributed by atoms with van der Waals surface area (Å²) in [5, 5.41) is 0. The van der Waals surface area contributed by atoms with E-state index in [1.807, 2.05) is 12.1 Å². The van der Waals surface area contributed by atoms with Gasteiger partial charge < -0.3 is 46.4 Å². The number of rotatable bonds is 10. The van der Waals surface area contributed by atoms with Crippen LogP contribution in [0.15, 0.2) is 66.7 Å². The first-order chi connectivity index (χ1) is 17.7. The molecule has 0 unspecified atom stereocenters. The summed E-state index contributed by atoms with van der Waals surface area (Å²) in [6, 6.07) is 22.8. The number of hydrogen-bond donors (Lipinski definition) is 0. The molecule has 0 N–H and O–H groups in total. The van der Waals surface area contributed by atoms with Gasteiger partial charge in [0.15, 0.2) is 11.6 Å². The molecule has 0 aliphatic rings. The van der Waals surface area contributed by atoms with Crippen LogP contribution in [-0.2, 0) is 30.1 Å². The number of pyridine rings is 1. The van der Waals surface area contributed by atoms with E-state index in [0.717, 1.165) is 84.6 Å². The molecule has 0 bridgehead atoms. The molecule has 11 heteroatoms. The molecule has 3 aromatic heterocycles. The average molecular weight is 647 g/mol. The molecule has 0 saturated heterocycles. The number of halogens is 3. The first kappa shape index (κ1) is 35.9. The Bertz CT molecular complexity index is 1370. The Labute approximate surface area is 265 Å². The van der Waals surface area contributed by atoms with Crippen LogP contribution >= 0.6 is 0 Å². The Morgan fingerprint density at radius 3 is 1.27 bits per heavy atom. The monoisotopic (exact) mass is 645 g/mol. The molecule has 2 aromatic carbocycles. The van der Waals surface area contributed by atoms with Crippen LogP contribution in [0.3, 0.4) is 0 Å². The van der Waals surface area contributed by atoms with Crippen molar-refractivity contribution in [3.05, 3.63) is 66.7 Å². The van der Waals surface area contributed by atoms with Crippen LogP contribution in [0.5, 0.6) is 0 Å². The maximum atomic E-state index is 5.14. The van der Waals surface area contributed by atoms with Crippen LogP contribution < -0.4 is 37.2 Å². The summed E-state index contributed by atoms with van der Waals surface area (Å²) in [7, 11) is 0. The smallest absolute Gasteiger partial charge is 1.00 e. The minimum atomic E-state index is 0. The first-order valence-electron chi connectivity index (χ1n) is 13.0. The van der Waals surface area contributed by atoms with Crippen molar-refractivity contribution in [1.29, 1.82) is 0 Å². The summed E-state index contributed by atoms with van der Waals surface area (Å²) in [5.74, 6) is 1.77. The van der Waals surface area contributed by atoms with Crippen molar-refractivity contribution in [2.24, 2.45) is 0 Å². The van der Waals surface area contributed by atoms with Gasteiger partial charge in [-0.15, -0.1) is 0 Å². The van der Waals surface area contributed by atoms with Crippen LogP contribution in [0.2, 0.25) is 0 Å². The van der Waals surface area contributed by atoms with E-state index < -0.39 is 0 Å². The molecule has 7 nitrogen and oxygen atoms in total. The van der Waals surface area contributed by atoms with Crippen molar-refractivity contribution < 1.29 is 54.0 Å². The molecular weight excluding hydrogens is 612 g/mol. The van der Waals surface area contributed by atoms with Gasteiger partial charge in [0.05, 0.1) is 35.4 Å². The summed E-state index contributed by atoms with van der Waals surface area (Å²) in [6.07, 6.45) is 0. The van der Waals surface area contributed by atoms with Gasteiger partial charge in [0.25, 0.3) is 0 Å². The van der Waals surface area contributed by atoms with Crippen LogP contribution in [0, 0.1) is 0 Å². The van der Waals surface area contributed by atoms with E-state index in [1.54, 1.807) is 0 Å². The fourth-order valence-electron chi connectivity index (χ4n) is 4.76. The number of imidazole rings is 2. The summed E-state index contributed by atoms with van der Waals surface area (Å²) >= 11 is 0. The number of para-hydroxylation sites is 4. The summed E-state index contributed by atoms with van der Waals surface area (Å²) in [6.45, 7) is 14.2. The standard InChI is InChI=1S/C29H35N7.3ClH.Co/c1-5-33(6-2)20-35-26-18-11-9-14-22(26)31-28(35)24-16-13-17-25(30-24)29-32-23-15-10-12-19-27(23)36(29)21-34(7-3)8-4;;;;/h9-19H,5-8,20-21H2,1-4H3;3*1H;/q;;;;+3/p-3. The van der Waals surface area contributed by atoms with Gasteiger partial charge in [-0.05, 0) is 62.6 Å². The third-order valence-electron chi connectivity index (χ3n) is 6.99. The molecular formula is C29H35Cl3CoN7. The van der Waals surface area contributed by atoms with Crippen molar-refractivity contribution in [2.75, 3.05) is 26.2 Å². The molecule has 0 spiro atoms. The molecule has 0 radical (unpaired) electrons. The summed E-state index contributed by atoms with van der Waals surface area (Å²) in [5.41, 5.74) is 5.94. The topological polar surface area (TPSA) is 55.0 Å². The van der Waals surface area contributed by atoms with Gasteiger partial charge in [0, 0.05) is 0 Å². The molecule has 0 atom stereocenters. The first-order valence-corrected chi connectivity index (χ1v) is 13.0. The second-order valence-electron chi connectivity index (χ2n) is 9.00. The zero-order chi connectivity index (χ0) is 25.1. The second kappa shape index (κ2) is 16.3. The van der Waals surface area contributed by atoms with E-state index in [-0.39, 0.29) is 54.0 Å². The van der Waals surface area contributed by atoms with Crippen molar-refractivity contribution in [3.63, 3.8) is 0 Å². The van der Waals surface area contributed by atoms with Crippen LogP contribution in [-0.4, -0.2) is 60.1 Å². The largest absolute Gasteiger partial charge is 3.00 e. The maximum Gasteiger partial charge on any atom is 3.00 e. The van der Waals surface area contributed by atoms with E-state index in [9.17, 15) is 0 Å². The molecule has 5 aromatic rings. The molecule has 40 heavy (non-hydrogen) atoms. The minimum Gasteiger partial charge on any atom is -1.00 e. The van der Waals surface area contributed by atoms with Crippen molar-refractivity contribution in [1.82, 2.24) is 33.9 Å². The Morgan fingerprint density at radius 1 is 0.525 bits per heavy atom. The van der Waals surface area contributed by atoms with E-state index in [2.05, 4.69) is 101 Å². The molecule has 0 aliphatic heterocycles. The third kappa shape index (κ3) is 7.17. The van der Waals surface area contributed by atoms with Gasteiger partial charge in [-0.1, -0.05) is 58.0 Å². The van der Waals surface area contributed by atoms with Crippen molar-refractivity contribution >= 4 is 22.1 Å². The number of fused-ring (bicyclic) bond motifs is 2. The normalized spacial score (nSPS) is 10.8. The molecule has 0 amide bonds.